The summed E-state index contributed by atoms with van der Waals surface area (Å²) in [6.07, 6.45) is 2.08. The zero-order valence-corrected chi connectivity index (χ0v) is 12.8. The SMILES string of the molecule is CCCC1NC(C(C)C)C(=O)N1CC(COC)OC. The molecule has 1 saturated heterocycles. The predicted molar refractivity (Wildman–Crippen MR) is 74.8 cm³/mol. The Balaban J connectivity index is 2.72. The van der Waals surface area contributed by atoms with E-state index in [2.05, 4.69) is 26.1 Å². The molecular weight excluding hydrogens is 244 g/mol. The molecule has 0 spiro atoms. The lowest BCUT2D eigenvalue weighted by Gasteiger charge is -2.27. The first kappa shape index (κ1) is 16.4. The van der Waals surface area contributed by atoms with E-state index < -0.39 is 0 Å². The van der Waals surface area contributed by atoms with Gasteiger partial charge in [0.1, 0.15) is 0 Å². The van der Waals surface area contributed by atoms with E-state index >= 15 is 0 Å². The van der Waals surface area contributed by atoms with E-state index in [1.54, 1.807) is 14.2 Å². The van der Waals surface area contributed by atoms with Crippen molar-refractivity contribution in [1.82, 2.24) is 10.2 Å². The number of hydrogen-bond donors (Lipinski definition) is 1. The zero-order chi connectivity index (χ0) is 14.4. The number of hydrogen-bond acceptors (Lipinski definition) is 4. The molecule has 1 heterocycles. The first-order chi connectivity index (χ1) is 9.04. The number of carbonyl (C=O) groups excluding carboxylic acids is 1. The highest BCUT2D eigenvalue weighted by Crippen LogP contribution is 2.20. The van der Waals surface area contributed by atoms with Crippen LogP contribution in [0.4, 0.5) is 0 Å². The van der Waals surface area contributed by atoms with Crippen LogP contribution in [0.5, 0.6) is 0 Å². The topological polar surface area (TPSA) is 50.8 Å². The van der Waals surface area contributed by atoms with Gasteiger partial charge in [-0.25, -0.2) is 0 Å². The fourth-order valence-corrected chi connectivity index (χ4v) is 2.51. The van der Waals surface area contributed by atoms with Gasteiger partial charge in [-0.2, -0.15) is 0 Å². The molecule has 0 aromatic rings. The Morgan fingerprint density at radius 2 is 2.05 bits per heavy atom. The van der Waals surface area contributed by atoms with Gasteiger partial charge in [-0.3, -0.25) is 10.1 Å². The number of amides is 1. The van der Waals surface area contributed by atoms with Crippen LogP contribution in [-0.2, 0) is 14.3 Å². The molecule has 1 amide bonds. The van der Waals surface area contributed by atoms with Gasteiger partial charge in [0.25, 0.3) is 0 Å². The summed E-state index contributed by atoms with van der Waals surface area (Å²) in [7, 11) is 3.31. The summed E-state index contributed by atoms with van der Waals surface area (Å²) < 4.78 is 10.5. The van der Waals surface area contributed by atoms with Crippen LogP contribution in [0.2, 0.25) is 0 Å². The van der Waals surface area contributed by atoms with Crippen molar-refractivity contribution in [2.75, 3.05) is 27.4 Å². The molecule has 0 aliphatic carbocycles. The van der Waals surface area contributed by atoms with Crippen LogP contribution >= 0.6 is 0 Å². The average Bonchev–Trinajstić information content (AvgIpc) is 2.67. The minimum absolute atomic E-state index is 0.0685. The predicted octanol–water partition coefficient (Wildman–Crippen LogP) is 1.23. The third-order valence-electron chi connectivity index (χ3n) is 3.61. The molecule has 112 valence electrons. The lowest BCUT2D eigenvalue weighted by atomic mass is 10.1. The van der Waals surface area contributed by atoms with Crippen LogP contribution in [0.25, 0.3) is 0 Å². The van der Waals surface area contributed by atoms with E-state index in [1.165, 1.54) is 0 Å². The second-order valence-electron chi connectivity index (χ2n) is 5.50. The van der Waals surface area contributed by atoms with E-state index in [0.29, 0.717) is 19.1 Å². The summed E-state index contributed by atoms with van der Waals surface area (Å²) in [4.78, 5) is 14.4. The summed E-state index contributed by atoms with van der Waals surface area (Å²) in [6, 6.07) is -0.0726. The van der Waals surface area contributed by atoms with Crippen LogP contribution < -0.4 is 5.32 Å². The summed E-state index contributed by atoms with van der Waals surface area (Å²) in [5, 5.41) is 3.44. The maximum atomic E-state index is 12.5. The molecule has 1 aliphatic rings. The number of carbonyl (C=O) groups is 1. The summed E-state index contributed by atoms with van der Waals surface area (Å²) >= 11 is 0. The van der Waals surface area contributed by atoms with Crippen LogP contribution in [-0.4, -0.2) is 56.5 Å². The molecule has 0 aromatic heterocycles. The third kappa shape index (κ3) is 4.16. The molecule has 1 aliphatic heterocycles. The fourth-order valence-electron chi connectivity index (χ4n) is 2.51. The summed E-state index contributed by atoms with van der Waals surface area (Å²) in [5.41, 5.74) is 0. The minimum atomic E-state index is -0.0726. The van der Waals surface area contributed by atoms with Crippen molar-refractivity contribution in [3.8, 4) is 0 Å². The Labute approximate surface area is 116 Å². The zero-order valence-electron chi connectivity index (χ0n) is 12.8. The van der Waals surface area contributed by atoms with Crippen molar-refractivity contribution in [1.29, 1.82) is 0 Å². The lowest BCUT2D eigenvalue weighted by molar-refractivity contribution is -0.133. The number of methoxy groups -OCH3 is 2. The van der Waals surface area contributed by atoms with Gasteiger partial charge in [0.05, 0.1) is 31.5 Å². The largest absolute Gasteiger partial charge is 0.382 e. The number of nitrogens with zero attached hydrogens (tertiary/aromatic N) is 1. The van der Waals surface area contributed by atoms with E-state index in [0.717, 1.165) is 12.8 Å². The Bertz CT molecular complexity index is 284. The molecule has 1 N–H and O–H groups in total. The maximum Gasteiger partial charge on any atom is 0.241 e. The third-order valence-corrected chi connectivity index (χ3v) is 3.61. The van der Waals surface area contributed by atoms with Crippen LogP contribution in [0, 0.1) is 5.92 Å². The van der Waals surface area contributed by atoms with Crippen molar-refractivity contribution < 1.29 is 14.3 Å². The van der Waals surface area contributed by atoms with E-state index in [4.69, 9.17) is 9.47 Å². The minimum Gasteiger partial charge on any atom is -0.382 e. The molecule has 5 heteroatoms. The maximum absolute atomic E-state index is 12.5. The van der Waals surface area contributed by atoms with E-state index in [-0.39, 0.29) is 24.2 Å². The average molecular weight is 272 g/mol. The van der Waals surface area contributed by atoms with Gasteiger partial charge in [-0.05, 0) is 12.3 Å². The van der Waals surface area contributed by atoms with Crippen molar-refractivity contribution in [3.63, 3.8) is 0 Å². The van der Waals surface area contributed by atoms with Gasteiger partial charge in [0.15, 0.2) is 0 Å². The smallest absolute Gasteiger partial charge is 0.241 e. The molecule has 0 aromatic carbocycles. The Hall–Kier alpha value is -0.650. The van der Waals surface area contributed by atoms with Crippen LogP contribution in [0.3, 0.4) is 0 Å². The Kier molecular flexibility index (Phi) is 6.75. The standard InChI is InChI=1S/C14H28N2O3/c1-6-7-12-15-13(10(2)3)14(17)16(12)8-11(19-5)9-18-4/h10-13,15H,6-9H2,1-5H3. The molecule has 3 unspecified atom stereocenters. The van der Waals surface area contributed by atoms with Crippen molar-refractivity contribution >= 4 is 5.91 Å². The second kappa shape index (κ2) is 7.82. The Morgan fingerprint density at radius 1 is 1.37 bits per heavy atom. The highest BCUT2D eigenvalue weighted by Gasteiger charge is 2.40. The molecule has 1 rings (SSSR count). The van der Waals surface area contributed by atoms with Crippen LogP contribution in [0.15, 0.2) is 0 Å². The van der Waals surface area contributed by atoms with E-state index in [1.807, 2.05) is 4.90 Å². The molecule has 1 fully saturated rings. The first-order valence-corrected chi connectivity index (χ1v) is 7.13. The van der Waals surface area contributed by atoms with Gasteiger partial charge in [-0.1, -0.05) is 27.2 Å². The molecule has 0 bridgehead atoms. The van der Waals surface area contributed by atoms with E-state index in [9.17, 15) is 4.79 Å². The van der Waals surface area contributed by atoms with Gasteiger partial charge in [0, 0.05) is 14.2 Å². The van der Waals surface area contributed by atoms with Gasteiger partial charge >= 0.3 is 0 Å². The molecular formula is C14H28N2O3. The van der Waals surface area contributed by atoms with Crippen LogP contribution in [0.1, 0.15) is 33.6 Å². The van der Waals surface area contributed by atoms with Crippen molar-refractivity contribution in [3.05, 3.63) is 0 Å². The highest BCUT2D eigenvalue weighted by atomic mass is 16.5. The second-order valence-corrected chi connectivity index (χ2v) is 5.50. The first-order valence-electron chi connectivity index (χ1n) is 7.13. The number of rotatable bonds is 8. The summed E-state index contributed by atoms with van der Waals surface area (Å²) in [6.45, 7) is 7.38. The fraction of sp³-hybridized carbons (Fsp3) is 0.929. The van der Waals surface area contributed by atoms with Gasteiger partial charge in [0.2, 0.25) is 5.91 Å². The molecule has 19 heavy (non-hydrogen) atoms. The van der Waals surface area contributed by atoms with Crippen molar-refractivity contribution in [2.24, 2.45) is 5.92 Å². The lowest BCUT2D eigenvalue weighted by Crippen LogP contribution is -2.43. The number of ether oxygens (including phenoxy) is 2. The van der Waals surface area contributed by atoms with Gasteiger partial charge < -0.3 is 14.4 Å². The monoisotopic (exact) mass is 272 g/mol. The summed E-state index contributed by atoms with van der Waals surface area (Å²) in [5.74, 6) is 0.492. The highest BCUT2D eigenvalue weighted by molar-refractivity contribution is 5.84. The van der Waals surface area contributed by atoms with Gasteiger partial charge in [-0.15, -0.1) is 0 Å². The molecule has 0 saturated carbocycles. The molecule has 0 radical (unpaired) electrons. The van der Waals surface area contributed by atoms with Crippen molar-refractivity contribution in [2.45, 2.75) is 51.9 Å². The molecule has 5 nitrogen and oxygen atoms in total. The Morgan fingerprint density at radius 3 is 2.53 bits per heavy atom. The molecule has 3 atom stereocenters. The normalized spacial score (nSPS) is 25.4. The number of nitrogens with one attached hydrogen (secondary N) is 1. The quantitative estimate of drug-likeness (QED) is 0.722.